The lowest BCUT2D eigenvalue weighted by Gasteiger charge is -2.07. The Balaban J connectivity index is 2.65. The number of halogens is 1. The predicted octanol–water partition coefficient (Wildman–Crippen LogP) is 1.73. The second kappa shape index (κ2) is 5.73. The van der Waals surface area contributed by atoms with Gasteiger partial charge in [0.15, 0.2) is 0 Å². The van der Waals surface area contributed by atoms with Crippen molar-refractivity contribution >= 4 is 17.5 Å². The molecule has 0 saturated heterocycles. The molecule has 1 aromatic carbocycles. The summed E-state index contributed by atoms with van der Waals surface area (Å²) in [5, 5.41) is 3.44. The Morgan fingerprint density at radius 2 is 2.27 bits per heavy atom. The minimum absolute atomic E-state index is 0.0717. The van der Waals surface area contributed by atoms with Crippen LogP contribution in [0, 0.1) is 6.92 Å². The molecule has 0 heterocycles. The molecule has 0 atom stereocenters. The average molecular weight is 227 g/mol. The van der Waals surface area contributed by atoms with Crippen molar-refractivity contribution in [2.45, 2.75) is 13.3 Å². The molecular formula is C11H15ClN2O. The molecule has 15 heavy (non-hydrogen) atoms. The summed E-state index contributed by atoms with van der Waals surface area (Å²) in [6.07, 6.45) is 0.790. The molecule has 0 aliphatic carbocycles. The van der Waals surface area contributed by atoms with E-state index in [1.807, 2.05) is 6.92 Å². The quantitative estimate of drug-likeness (QED) is 0.769. The van der Waals surface area contributed by atoms with Gasteiger partial charge in [-0.15, -0.1) is 0 Å². The number of nitrogens with two attached hydrogens (primary N) is 1. The van der Waals surface area contributed by atoms with Crippen LogP contribution in [-0.4, -0.2) is 19.0 Å². The highest BCUT2D eigenvalue weighted by Gasteiger charge is 2.07. The van der Waals surface area contributed by atoms with E-state index in [0.717, 1.165) is 12.0 Å². The summed E-state index contributed by atoms with van der Waals surface area (Å²) < 4.78 is 0. The standard InChI is InChI=1S/C11H15ClN2O/c1-8-7-9(12)3-4-10(8)11(15)14-6-2-5-13/h3-4,7H,2,5-6,13H2,1H3,(H,14,15). The molecule has 0 radical (unpaired) electrons. The van der Waals surface area contributed by atoms with Crippen molar-refractivity contribution in [3.63, 3.8) is 0 Å². The van der Waals surface area contributed by atoms with E-state index < -0.39 is 0 Å². The van der Waals surface area contributed by atoms with Crippen LogP contribution in [0.15, 0.2) is 18.2 Å². The normalized spacial score (nSPS) is 10.1. The number of rotatable bonds is 4. The molecule has 0 bridgehead atoms. The molecule has 0 spiro atoms. The maximum absolute atomic E-state index is 11.7. The third kappa shape index (κ3) is 3.53. The molecule has 0 saturated carbocycles. The smallest absolute Gasteiger partial charge is 0.251 e. The number of aryl methyl sites for hydroxylation is 1. The molecule has 0 aliphatic heterocycles. The number of carbonyl (C=O) groups is 1. The summed E-state index contributed by atoms with van der Waals surface area (Å²) in [7, 11) is 0. The number of benzene rings is 1. The Kier molecular flexibility index (Phi) is 4.59. The number of hydrogen-bond acceptors (Lipinski definition) is 2. The van der Waals surface area contributed by atoms with Crippen molar-refractivity contribution in [3.8, 4) is 0 Å². The maximum atomic E-state index is 11.7. The molecule has 0 fully saturated rings. The Morgan fingerprint density at radius 3 is 2.87 bits per heavy atom. The maximum Gasteiger partial charge on any atom is 0.251 e. The molecule has 3 N–H and O–H groups in total. The third-order valence-corrected chi connectivity index (χ3v) is 2.33. The van der Waals surface area contributed by atoms with Crippen LogP contribution in [0.5, 0.6) is 0 Å². The highest BCUT2D eigenvalue weighted by atomic mass is 35.5. The van der Waals surface area contributed by atoms with Gasteiger partial charge in [0.25, 0.3) is 5.91 Å². The highest BCUT2D eigenvalue weighted by Crippen LogP contribution is 2.14. The van der Waals surface area contributed by atoms with Gasteiger partial charge in [0, 0.05) is 17.1 Å². The van der Waals surface area contributed by atoms with Crippen LogP contribution in [0.1, 0.15) is 22.3 Å². The van der Waals surface area contributed by atoms with Gasteiger partial charge in [0.2, 0.25) is 0 Å². The molecular weight excluding hydrogens is 212 g/mol. The molecule has 0 unspecified atom stereocenters. The first-order valence-electron chi connectivity index (χ1n) is 4.89. The number of nitrogens with one attached hydrogen (secondary N) is 1. The first-order chi connectivity index (χ1) is 7.15. The second-order valence-corrected chi connectivity index (χ2v) is 3.79. The Bertz CT molecular complexity index is 352. The van der Waals surface area contributed by atoms with Crippen molar-refractivity contribution in [2.75, 3.05) is 13.1 Å². The van der Waals surface area contributed by atoms with Gasteiger partial charge >= 0.3 is 0 Å². The Morgan fingerprint density at radius 1 is 1.53 bits per heavy atom. The SMILES string of the molecule is Cc1cc(Cl)ccc1C(=O)NCCCN. The molecule has 82 valence electrons. The van der Waals surface area contributed by atoms with Crippen LogP contribution in [0.4, 0.5) is 0 Å². The zero-order valence-corrected chi connectivity index (χ0v) is 9.47. The van der Waals surface area contributed by atoms with Crippen molar-refractivity contribution in [1.82, 2.24) is 5.32 Å². The fraction of sp³-hybridized carbons (Fsp3) is 0.364. The van der Waals surface area contributed by atoms with E-state index in [1.165, 1.54) is 0 Å². The summed E-state index contributed by atoms with van der Waals surface area (Å²) in [4.78, 5) is 11.7. The number of hydrogen-bond donors (Lipinski definition) is 2. The molecule has 1 rings (SSSR count). The van der Waals surface area contributed by atoms with Crippen molar-refractivity contribution < 1.29 is 4.79 Å². The minimum Gasteiger partial charge on any atom is -0.352 e. The predicted molar refractivity (Wildman–Crippen MR) is 62.2 cm³/mol. The van der Waals surface area contributed by atoms with Gasteiger partial charge in [-0.05, 0) is 43.7 Å². The molecule has 3 nitrogen and oxygen atoms in total. The van der Waals surface area contributed by atoms with Crippen LogP contribution in [0.3, 0.4) is 0 Å². The lowest BCUT2D eigenvalue weighted by molar-refractivity contribution is 0.0953. The van der Waals surface area contributed by atoms with Crippen molar-refractivity contribution in [1.29, 1.82) is 0 Å². The van der Waals surface area contributed by atoms with Crippen molar-refractivity contribution in [3.05, 3.63) is 34.3 Å². The third-order valence-electron chi connectivity index (χ3n) is 2.10. The van der Waals surface area contributed by atoms with Crippen LogP contribution >= 0.6 is 11.6 Å². The van der Waals surface area contributed by atoms with Gasteiger partial charge in [-0.3, -0.25) is 4.79 Å². The topological polar surface area (TPSA) is 55.1 Å². The molecule has 4 heteroatoms. The van der Waals surface area contributed by atoms with Gasteiger partial charge in [0.1, 0.15) is 0 Å². The molecule has 0 aliphatic rings. The molecule has 1 aromatic rings. The minimum atomic E-state index is -0.0717. The molecule has 1 amide bonds. The van der Waals surface area contributed by atoms with E-state index >= 15 is 0 Å². The Labute approximate surface area is 94.6 Å². The van der Waals surface area contributed by atoms with E-state index in [1.54, 1.807) is 18.2 Å². The van der Waals surface area contributed by atoms with E-state index in [0.29, 0.717) is 23.7 Å². The zero-order valence-electron chi connectivity index (χ0n) is 8.72. The van der Waals surface area contributed by atoms with E-state index in [-0.39, 0.29) is 5.91 Å². The lowest BCUT2D eigenvalue weighted by Crippen LogP contribution is -2.26. The fourth-order valence-corrected chi connectivity index (χ4v) is 1.51. The lowest BCUT2D eigenvalue weighted by atomic mass is 10.1. The van der Waals surface area contributed by atoms with Gasteiger partial charge in [-0.2, -0.15) is 0 Å². The number of carbonyl (C=O) groups excluding carboxylic acids is 1. The van der Waals surface area contributed by atoms with E-state index in [9.17, 15) is 4.79 Å². The summed E-state index contributed by atoms with van der Waals surface area (Å²) in [6.45, 7) is 3.06. The number of amides is 1. The fourth-order valence-electron chi connectivity index (χ4n) is 1.28. The van der Waals surface area contributed by atoms with Crippen LogP contribution in [0.2, 0.25) is 5.02 Å². The van der Waals surface area contributed by atoms with E-state index in [2.05, 4.69) is 5.32 Å². The molecule has 0 aromatic heterocycles. The van der Waals surface area contributed by atoms with Crippen molar-refractivity contribution in [2.24, 2.45) is 5.73 Å². The Hall–Kier alpha value is -1.06. The monoisotopic (exact) mass is 226 g/mol. The summed E-state index contributed by atoms with van der Waals surface area (Å²) in [6, 6.07) is 5.22. The van der Waals surface area contributed by atoms with Gasteiger partial charge in [-0.1, -0.05) is 11.6 Å². The largest absolute Gasteiger partial charge is 0.352 e. The van der Waals surface area contributed by atoms with E-state index in [4.69, 9.17) is 17.3 Å². The first kappa shape index (κ1) is 12.0. The average Bonchev–Trinajstić information content (AvgIpc) is 2.17. The summed E-state index contributed by atoms with van der Waals surface area (Å²) >= 11 is 5.80. The summed E-state index contributed by atoms with van der Waals surface area (Å²) in [5.41, 5.74) is 6.88. The first-order valence-corrected chi connectivity index (χ1v) is 5.27. The van der Waals surface area contributed by atoms with Crippen LogP contribution in [0.25, 0.3) is 0 Å². The van der Waals surface area contributed by atoms with Gasteiger partial charge in [0.05, 0.1) is 0 Å². The summed E-state index contributed by atoms with van der Waals surface area (Å²) in [5.74, 6) is -0.0717. The van der Waals surface area contributed by atoms with Crippen LogP contribution < -0.4 is 11.1 Å². The van der Waals surface area contributed by atoms with Gasteiger partial charge in [-0.25, -0.2) is 0 Å². The van der Waals surface area contributed by atoms with Gasteiger partial charge < -0.3 is 11.1 Å². The highest BCUT2D eigenvalue weighted by molar-refractivity contribution is 6.30. The van der Waals surface area contributed by atoms with Crippen LogP contribution in [-0.2, 0) is 0 Å². The zero-order chi connectivity index (χ0) is 11.3. The second-order valence-electron chi connectivity index (χ2n) is 3.36.